The van der Waals surface area contributed by atoms with Crippen molar-refractivity contribution >= 4 is 50.8 Å². The molecule has 9 nitrogen and oxygen atoms in total. The van der Waals surface area contributed by atoms with E-state index >= 15 is 0 Å². The van der Waals surface area contributed by atoms with Crippen molar-refractivity contribution in [1.82, 2.24) is 19.8 Å². The number of pyridine rings is 1. The van der Waals surface area contributed by atoms with E-state index in [9.17, 15) is 14.4 Å². The SMILES string of the molecule is Cc1cc(NC(=O)C(=O)N2C[C@@H](C)N(C(=O)C(C)C)C[C@@H]2c2ccc3scnc3c2)cnc1N. The highest BCUT2D eigenvalue weighted by Gasteiger charge is 2.40. The van der Waals surface area contributed by atoms with Gasteiger partial charge in [-0.1, -0.05) is 19.9 Å². The van der Waals surface area contributed by atoms with E-state index in [1.54, 1.807) is 28.3 Å². The number of nitrogen functional groups attached to an aromatic ring is 1. The minimum atomic E-state index is -0.762. The smallest absolute Gasteiger partial charge is 0.313 e. The van der Waals surface area contributed by atoms with Gasteiger partial charge in [0.15, 0.2) is 0 Å². The molecule has 3 heterocycles. The first-order valence-corrected chi connectivity index (χ1v) is 12.0. The fourth-order valence-corrected chi connectivity index (χ4v) is 4.83. The lowest BCUT2D eigenvalue weighted by atomic mass is 9.97. The normalized spacial score (nSPS) is 18.4. The van der Waals surface area contributed by atoms with Crippen LogP contribution in [0.3, 0.4) is 0 Å². The lowest BCUT2D eigenvalue weighted by Gasteiger charge is -2.45. The molecular weight excluding hydrogens is 452 g/mol. The van der Waals surface area contributed by atoms with Crippen molar-refractivity contribution in [3.05, 3.63) is 47.1 Å². The molecule has 1 aliphatic rings. The zero-order valence-electron chi connectivity index (χ0n) is 19.6. The highest BCUT2D eigenvalue weighted by molar-refractivity contribution is 7.16. The molecule has 3 aromatic rings. The predicted molar refractivity (Wildman–Crippen MR) is 132 cm³/mol. The maximum atomic E-state index is 13.4. The molecule has 0 saturated carbocycles. The van der Waals surface area contributed by atoms with Gasteiger partial charge < -0.3 is 20.9 Å². The van der Waals surface area contributed by atoms with Crippen LogP contribution in [-0.2, 0) is 14.4 Å². The van der Waals surface area contributed by atoms with Gasteiger partial charge in [0, 0.05) is 25.0 Å². The summed E-state index contributed by atoms with van der Waals surface area (Å²) in [7, 11) is 0. The van der Waals surface area contributed by atoms with E-state index in [2.05, 4.69) is 15.3 Å². The van der Waals surface area contributed by atoms with Crippen molar-refractivity contribution in [1.29, 1.82) is 0 Å². The molecular formula is C24H28N6O3S. The predicted octanol–water partition coefficient (Wildman–Crippen LogP) is 2.98. The second kappa shape index (κ2) is 9.38. The van der Waals surface area contributed by atoms with Crippen LogP contribution in [0.1, 0.15) is 37.9 Å². The number of nitrogens with one attached hydrogen (secondary N) is 1. The maximum absolute atomic E-state index is 13.4. The van der Waals surface area contributed by atoms with Gasteiger partial charge in [0.05, 0.1) is 33.7 Å². The lowest BCUT2D eigenvalue weighted by molar-refractivity contribution is -0.152. The third-order valence-corrected chi connectivity index (χ3v) is 6.90. The third-order valence-electron chi connectivity index (χ3n) is 6.09. The average molecular weight is 481 g/mol. The Balaban J connectivity index is 1.64. The zero-order chi connectivity index (χ0) is 24.6. The quantitative estimate of drug-likeness (QED) is 0.556. The van der Waals surface area contributed by atoms with Gasteiger partial charge in [-0.05, 0) is 43.2 Å². The number of thiazole rings is 1. The summed E-state index contributed by atoms with van der Waals surface area (Å²) in [5.41, 5.74) is 10.3. The molecule has 34 heavy (non-hydrogen) atoms. The van der Waals surface area contributed by atoms with Crippen LogP contribution in [0.2, 0.25) is 0 Å². The summed E-state index contributed by atoms with van der Waals surface area (Å²) in [6, 6.07) is 6.78. The van der Waals surface area contributed by atoms with Gasteiger partial charge in [-0.2, -0.15) is 0 Å². The van der Waals surface area contributed by atoms with Crippen molar-refractivity contribution < 1.29 is 14.4 Å². The van der Waals surface area contributed by atoms with Crippen LogP contribution in [0.5, 0.6) is 0 Å². The molecule has 0 unspecified atom stereocenters. The molecule has 2 atom stereocenters. The number of fused-ring (bicyclic) bond motifs is 1. The third kappa shape index (κ3) is 4.58. The van der Waals surface area contributed by atoms with E-state index in [1.165, 1.54) is 17.5 Å². The Bertz CT molecular complexity index is 1260. The number of carbonyl (C=O) groups is 3. The largest absolute Gasteiger partial charge is 0.383 e. The van der Waals surface area contributed by atoms with Crippen molar-refractivity contribution in [2.45, 2.75) is 39.8 Å². The second-order valence-electron chi connectivity index (χ2n) is 8.93. The number of benzene rings is 1. The Morgan fingerprint density at radius 1 is 1.15 bits per heavy atom. The minimum Gasteiger partial charge on any atom is -0.383 e. The van der Waals surface area contributed by atoms with Gasteiger partial charge in [-0.3, -0.25) is 14.4 Å². The number of nitrogens with zero attached hydrogens (tertiary/aromatic N) is 4. The fourth-order valence-electron chi connectivity index (χ4n) is 4.17. The summed E-state index contributed by atoms with van der Waals surface area (Å²) >= 11 is 1.53. The minimum absolute atomic E-state index is 0.0206. The Labute approximate surface area is 202 Å². The zero-order valence-corrected chi connectivity index (χ0v) is 20.4. The summed E-state index contributed by atoms with van der Waals surface area (Å²) in [6.45, 7) is 7.93. The topological polar surface area (TPSA) is 122 Å². The van der Waals surface area contributed by atoms with Crippen LogP contribution in [0.25, 0.3) is 10.2 Å². The van der Waals surface area contributed by atoms with E-state index in [-0.39, 0.29) is 24.4 Å². The first-order valence-electron chi connectivity index (χ1n) is 11.1. The number of hydrogen-bond acceptors (Lipinski definition) is 7. The molecule has 0 bridgehead atoms. The van der Waals surface area contributed by atoms with E-state index in [1.807, 2.05) is 39.0 Å². The average Bonchev–Trinajstić information content (AvgIpc) is 3.28. The van der Waals surface area contributed by atoms with Gasteiger partial charge in [0.25, 0.3) is 0 Å². The van der Waals surface area contributed by atoms with E-state index in [0.717, 1.165) is 15.8 Å². The van der Waals surface area contributed by atoms with Crippen LogP contribution in [0.4, 0.5) is 11.5 Å². The molecule has 4 rings (SSSR count). The number of anilines is 2. The molecule has 2 aromatic heterocycles. The van der Waals surface area contributed by atoms with Crippen molar-refractivity contribution in [2.24, 2.45) is 5.92 Å². The Morgan fingerprint density at radius 2 is 1.91 bits per heavy atom. The first kappa shape index (κ1) is 23.6. The number of rotatable bonds is 3. The molecule has 0 aliphatic carbocycles. The van der Waals surface area contributed by atoms with Gasteiger partial charge in [0.1, 0.15) is 5.82 Å². The van der Waals surface area contributed by atoms with E-state index in [0.29, 0.717) is 23.6 Å². The molecule has 1 aliphatic heterocycles. The number of aryl methyl sites for hydroxylation is 1. The highest BCUT2D eigenvalue weighted by atomic mass is 32.1. The van der Waals surface area contributed by atoms with Crippen molar-refractivity contribution in [3.63, 3.8) is 0 Å². The van der Waals surface area contributed by atoms with Crippen LogP contribution in [0, 0.1) is 12.8 Å². The van der Waals surface area contributed by atoms with Crippen LogP contribution >= 0.6 is 11.3 Å². The summed E-state index contributed by atoms with van der Waals surface area (Å²) in [6.07, 6.45) is 1.42. The molecule has 0 radical (unpaired) electrons. The molecule has 3 N–H and O–H groups in total. The summed E-state index contributed by atoms with van der Waals surface area (Å²) < 4.78 is 1.03. The van der Waals surface area contributed by atoms with Gasteiger partial charge in [-0.25, -0.2) is 9.97 Å². The van der Waals surface area contributed by atoms with Gasteiger partial charge >= 0.3 is 11.8 Å². The lowest BCUT2D eigenvalue weighted by Crippen LogP contribution is -2.59. The monoisotopic (exact) mass is 480 g/mol. The highest BCUT2D eigenvalue weighted by Crippen LogP contribution is 2.32. The van der Waals surface area contributed by atoms with Gasteiger partial charge in [-0.15, -0.1) is 11.3 Å². The first-order chi connectivity index (χ1) is 16.2. The summed E-state index contributed by atoms with van der Waals surface area (Å²) in [5, 5.41) is 2.63. The number of nitrogens with two attached hydrogens (primary N) is 1. The van der Waals surface area contributed by atoms with Gasteiger partial charge in [0.2, 0.25) is 5.91 Å². The van der Waals surface area contributed by atoms with Crippen LogP contribution in [0.15, 0.2) is 36.0 Å². The standard InChI is InChI=1S/C24H28N6O3S/c1-13(2)23(32)29-11-19(16-5-6-20-18(8-16)27-12-34-20)30(10-15(29)4)24(33)22(31)28-17-7-14(3)21(25)26-9-17/h5-9,12-13,15,19H,10-11H2,1-4H3,(H2,25,26)(H,28,31)/t15-,19-/m1/s1. The molecule has 1 saturated heterocycles. The molecule has 3 amide bonds. The van der Waals surface area contributed by atoms with Crippen molar-refractivity contribution in [3.8, 4) is 0 Å². The fraction of sp³-hybridized carbons (Fsp3) is 0.375. The molecule has 178 valence electrons. The number of carbonyl (C=O) groups excluding carboxylic acids is 3. The van der Waals surface area contributed by atoms with Crippen molar-refractivity contribution in [2.75, 3.05) is 24.1 Å². The molecule has 0 spiro atoms. The van der Waals surface area contributed by atoms with E-state index < -0.39 is 17.9 Å². The number of aromatic nitrogens is 2. The van der Waals surface area contributed by atoms with Crippen LogP contribution < -0.4 is 11.1 Å². The Morgan fingerprint density at radius 3 is 2.62 bits per heavy atom. The molecule has 1 fully saturated rings. The summed E-state index contributed by atoms with van der Waals surface area (Å²) in [5.74, 6) is -1.22. The Hall–Kier alpha value is -3.53. The number of hydrogen-bond donors (Lipinski definition) is 2. The maximum Gasteiger partial charge on any atom is 0.313 e. The molecule has 10 heteroatoms. The molecule has 1 aromatic carbocycles. The van der Waals surface area contributed by atoms with Crippen LogP contribution in [-0.4, -0.2) is 56.6 Å². The summed E-state index contributed by atoms with van der Waals surface area (Å²) in [4.78, 5) is 50.9. The number of piperazine rings is 1. The Kier molecular flexibility index (Phi) is 6.52. The van der Waals surface area contributed by atoms with E-state index in [4.69, 9.17) is 5.73 Å². The second-order valence-corrected chi connectivity index (χ2v) is 9.81. The number of amides is 3.